The molecule has 1 saturated heterocycles. The van der Waals surface area contributed by atoms with Gasteiger partial charge in [0.1, 0.15) is 11.6 Å². The number of halogens is 1. The molecule has 0 amide bonds. The van der Waals surface area contributed by atoms with Gasteiger partial charge in [0.05, 0.1) is 25.9 Å². The minimum atomic E-state index is -0.323. The van der Waals surface area contributed by atoms with Gasteiger partial charge in [-0.05, 0) is 19.1 Å². The highest BCUT2D eigenvalue weighted by Gasteiger charge is 2.19. The van der Waals surface area contributed by atoms with E-state index in [-0.39, 0.29) is 25.3 Å². The van der Waals surface area contributed by atoms with E-state index >= 15 is 0 Å². The standard InChI is InChI=1S/C15H20FN3O3/c1-10-7-19(2-3-21-10)15(17)18-6-11-4-13(16)5-12-8-20-9-22-14(11)12/h4-5,10H,2-3,6-9H2,1H3,(H2,17,18). The van der Waals surface area contributed by atoms with Crippen LogP contribution in [0.1, 0.15) is 18.1 Å². The normalized spacial score (nSPS) is 22.2. The Morgan fingerprint density at radius 3 is 3.18 bits per heavy atom. The van der Waals surface area contributed by atoms with Gasteiger partial charge in [0.2, 0.25) is 0 Å². The average molecular weight is 309 g/mol. The van der Waals surface area contributed by atoms with Gasteiger partial charge in [0.25, 0.3) is 0 Å². The third-order valence-electron chi connectivity index (χ3n) is 3.73. The van der Waals surface area contributed by atoms with Gasteiger partial charge in [0.15, 0.2) is 12.8 Å². The molecule has 2 aliphatic heterocycles. The van der Waals surface area contributed by atoms with Crippen molar-refractivity contribution < 1.29 is 18.6 Å². The highest BCUT2D eigenvalue weighted by atomic mass is 19.1. The van der Waals surface area contributed by atoms with E-state index in [0.717, 1.165) is 0 Å². The predicted molar refractivity (Wildman–Crippen MR) is 79.0 cm³/mol. The number of nitrogens with zero attached hydrogens (tertiary/aromatic N) is 2. The Hall–Kier alpha value is -1.86. The SMILES string of the molecule is CC1CN(C(N)=NCc2cc(F)cc3c2OCOC3)CCO1. The molecule has 2 heterocycles. The quantitative estimate of drug-likeness (QED) is 0.657. The molecule has 0 bridgehead atoms. The first-order chi connectivity index (χ1) is 10.6. The number of rotatable bonds is 2. The minimum absolute atomic E-state index is 0.130. The average Bonchev–Trinajstić information content (AvgIpc) is 2.52. The van der Waals surface area contributed by atoms with Crippen LogP contribution in [-0.4, -0.2) is 43.5 Å². The van der Waals surface area contributed by atoms with E-state index in [1.54, 1.807) is 0 Å². The van der Waals surface area contributed by atoms with Crippen LogP contribution < -0.4 is 10.5 Å². The van der Waals surface area contributed by atoms with Gasteiger partial charge in [-0.1, -0.05) is 0 Å². The summed E-state index contributed by atoms with van der Waals surface area (Å²) < 4.78 is 29.8. The lowest BCUT2D eigenvalue weighted by molar-refractivity contribution is -0.0172. The van der Waals surface area contributed by atoms with Crippen LogP contribution in [0.3, 0.4) is 0 Å². The molecule has 1 fully saturated rings. The number of guanidine groups is 1. The van der Waals surface area contributed by atoms with Gasteiger partial charge in [-0.15, -0.1) is 0 Å². The summed E-state index contributed by atoms with van der Waals surface area (Å²) in [5.41, 5.74) is 7.42. The summed E-state index contributed by atoms with van der Waals surface area (Å²) in [6, 6.07) is 2.86. The highest BCUT2D eigenvalue weighted by Crippen LogP contribution is 2.29. The molecule has 2 aliphatic rings. The maximum atomic E-state index is 13.7. The van der Waals surface area contributed by atoms with Crippen molar-refractivity contribution in [2.75, 3.05) is 26.5 Å². The van der Waals surface area contributed by atoms with Crippen LogP contribution in [0.15, 0.2) is 17.1 Å². The van der Waals surface area contributed by atoms with Crippen molar-refractivity contribution >= 4 is 5.96 Å². The fourth-order valence-corrected chi connectivity index (χ4v) is 2.67. The summed E-state index contributed by atoms with van der Waals surface area (Å²) in [5.74, 6) is 0.774. The zero-order valence-corrected chi connectivity index (χ0v) is 12.5. The number of aliphatic imine (C=N–C) groups is 1. The van der Waals surface area contributed by atoms with Crippen molar-refractivity contribution in [1.29, 1.82) is 0 Å². The number of fused-ring (bicyclic) bond motifs is 1. The Balaban J connectivity index is 1.75. The van der Waals surface area contributed by atoms with Crippen molar-refractivity contribution in [2.24, 2.45) is 10.7 Å². The Labute approximate surface area is 128 Å². The lowest BCUT2D eigenvalue weighted by atomic mass is 10.1. The Morgan fingerprint density at radius 1 is 1.50 bits per heavy atom. The molecule has 2 N–H and O–H groups in total. The molecular formula is C15H20FN3O3. The van der Waals surface area contributed by atoms with E-state index in [1.165, 1.54) is 12.1 Å². The van der Waals surface area contributed by atoms with Crippen molar-refractivity contribution in [2.45, 2.75) is 26.2 Å². The topological polar surface area (TPSA) is 69.3 Å². The van der Waals surface area contributed by atoms with Crippen LogP contribution in [0.4, 0.5) is 4.39 Å². The monoisotopic (exact) mass is 309 g/mol. The number of hydrogen-bond acceptors (Lipinski definition) is 4. The number of nitrogens with two attached hydrogens (primary N) is 1. The van der Waals surface area contributed by atoms with Crippen molar-refractivity contribution in [1.82, 2.24) is 4.90 Å². The fourth-order valence-electron chi connectivity index (χ4n) is 2.67. The first-order valence-electron chi connectivity index (χ1n) is 7.32. The van der Waals surface area contributed by atoms with E-state index < -0.39 is 0 Å². The minimum Gasteiger partial charge on any atom is -0.467 e. The Morgan fingerprint density at radius 2 is 2.36 bits per heavy atom. The molecule has 1 aromatic rings. The van der Waals surface area contributed by atoms with Gasteiger partial charge in [0, 0.05) is 24.2 Å². The molecule has 22 heavy (non-hydrogen) atoms. The van der Waals surface area contributed by atoms with Gasteiger partial charge < -0.3 is 24.8 Å². The smallest absolute Gasteiger partial charge is 0.191 e. The molecule has 1 atom stereocenters. The van der Waals surface area contributed by atoms with Crippen LogP contribution in [0.2, 0.25) is 0 Å². The first kappa shape index (κ1) is 15.1. The summed E-state index contributed by atoms with van der Waals surface area (Å²) in [6.07, 6.45) is 0.130. The molecule has 6 nitrogen and oxygen atoms in total. The van der Waals surface area contributed by atoms with Crippen LogP contribution in [0, 0.1) is 5.82 Å². The van der Waals surface area contributed by atoms with Crippen molar-refractivity contribution in [3.63, 3.8) is 0 Å². The van der Waals surface area contributed by atoms with E-state index in [9.17, 15) is 4.39 Å². The van der Waals surface area contributed by atoms with Crippen molar-refractivity contribution in [3.8, 4) is 5.75 Å². The number of morpholine rings is 1. The van der Waals surface area contributed by atoms with E-state index in [0.29, 0.717) is 49.1 Å². The molecule has 0 radical (unpaired) electrons. The number of benzene rings is 1. The second-order valence-electron chi connectivity index (χ2n) is 5.47. The van der Waals surface area contributed by atoms with E-state index in [2.05, 4.69) is 4.99 Å². The molecule has 7 heteroatoms. The van der Waals surface area contributed by atoms with Gasteiger partial charge in [-0.25, -0.2) is 9.38 Å². The zero-order chi connectivity index (χ0) is 15.5. The molecular weight excluding hydrogens is 289 g/mol. The summed E-state index contributed by atoms with van der Waals surface area (Å²) in [6.45, 7) is 4.85. The summed E-state index contributed by atoms with van der Waals surface area (Å²) in [7, 11) is 0. The third-order valence-corrected chi connectivity index (χ3v) is 3.73. The van der Waals surface area contributed by atoms with Crippen LogP contribution >= 0.6 is 0 Å². The maximum Gasteiger partial charge on any atom is 0.191 e. The molecule has 0 aromatic heterocycles. The van der Waals surface area contributed by atoms with E-state index in [4.69, 9.17) is 19.9 Å². The fraction of sp³-hybridized carbons (Fsp3) is 0.533. The lowest BCUT2D eigenvalue weighted by Crippen LogP contribution is -2.47. The summed E-state index contributed by atoms with van der Waals surface area (Å²) in [4.78, 5) is 6.36. The first-order valence-corrected chi connectivity index (χ1v) is 7.32. The largest absolute Gasteiger partial charge is 0.467 e. The van der Waals surface area contributed by atoms with Crippen LogP contribution in [-0.2, 0) is 22.6 Å². The number of ether oxygens (including phenoxy) is 3. The van der Waals surface area contributed by atoms with Gasteiger partial charge >= 0.3 is 0 Å². The van der Waals surface area contributed by atoms with Gasteiger partial charge in [-0.2, -0.15) is 0 Å². The van der Waals surface area contributed by atoms with Crippen LogP contribution in [0.5, 0.6) is 5.75 Å². The Kier molecular flexibility index (Phi) is 4.44. The lowest BCUT2D eigenvalue weighted by Gasteiger charge is -2.31. The number of hydrogen-bond donors (Lipinski definition) is 1. The van der Waals surface area contributed by atoms with E-state index in [1.807, 2.05) is 11.8 Å². The molecule has 0 saturated carbocycles. The maximum absolute atomic E-state index is 13.7. The zero-order valence-electron chi connectivity index (χ0n) is 12.5. The van der Waals surface area contributed by atoms with Crippen LogP contribution in [0.25, 0.3) is 0 Å². The Bertz CT molecular complexity index is 579. The summed E-state index contributed by atoms with van der Waals surface area (Å²) in [5, 5.41) is 0. The highest BCUT2D eigenvalue weighted by molar-refractivity contribution is 5.78. The van der Waals surface area contributed by atoms with Gasteiger partial charge in [-0.3, -0.25) is 0 Å². The molecule has 0 aliphatic carbocycles. The predicted octanol–water partition coefficient (Wildman–Crippen LogP) is 1.23. The second-order valence-corrected chi connectivity index (χ2v) is 5.47. The second kappa shape index (κ2) is 6.50. The summed E-state index contributed by atoms with van der Waals surface area (Å²) >= 11 is 0. The molecule has 1 aromatic carbocycles. The van der Waals surface area contributed by atoms with Crippen molar-refractivity contribution in [3.05, 3.63) is 29.1 Å². The molecule has 1 unspecified atom stereocenters. The molecule has 0 spiro atoms. The third kappa shape index (κ3) is 3.31. The molecule has 3 rings (SSSR count). The molecule has 120 valence electrons.